The molecule has 4 rings (SSSR count). The summed E-state index contributed by atoms with van der Waals surface area (Å²) in [5.74, 6) is 0.919. The first-order chi connectivity index (χ1) is 12.8. The van der Waals surface area contributed by atoms with Crippen LogP contribution in [0.3, 0.4) is 0 Å². The van der Waals surface area contributed by atoms with Gasteiger partial charge in [0.05, 0.1) is 16.8 Å². The molecule has 2 atom stereocenters. The molecular weight excluding hydrogens is 342 g/mol. The molecule has 2 heterocycles. The molecule has 1 amide bonds. The van der Waals surface area contributed by atoms with Crippen molar-refractivity contribution < 1.29 is 9.69 Å². The third-order valence-electron chi connectivity index (χ3n) is 6.04. The SMILES string of the molecule is O=C(C[NH+]1CCCC[C@H]1c1nc2ccccc2s1)NCC1CCCCC1. The molecule has 2 N–H and O–H groups in total. The molecule has 1 aromatic carbocycles. The number of quaternary nitrogens is 1. The van der Waals surface area contributed by atoms with Gasteiger partial charge in [-0.2, -0.15) is 0 Å². The quantitative estimate of drug-likeness (QED) is 0.847. The second-order valence-electron chi connectivity index (χ2n) is 7.96. The number of benzene rings is 1. The minimum atomic E-state index is 0.221. The summed E-state index contributed by atoms with van der Waals surface area (Å²) in [5.41, 5.74) is 1.10. The summed E-state index contributed by atoms with van der Waals surface area (Å²) in [6, 6.07) is 8.75. The molecule has 0 radical (unpaired) electrons. The van der Waals surface area contributed by atoms with Gasteiger partial charge in [-0.3, -0.25) is 4.79 Å². The number of fused-ring (bicyclic) bond motifs is 1. The lowest BCUT2D eigenvalue weighted by Crippen LogP contribution is -3.14. The van der Waals surface area contributed by atoms with Gasteiger partial charge in [-0.25, -0.2) is 4.98 Å². The third kappa shape index (κ3) is 4.26. The minimum absolute atomic E-state index is 0.221. The van der Waals surface area contributed by atoms with Gasteiger partial charge in [-0.05, 0) is 43.7 Å². The average molecular weight is 373 g/mol. The van der Waals surface area contributed by atoms with E-state index >= 15 is 0 Å². The maximum atomic E-state index is 12.6. The van der Waals surface area contributed by atoms with Crippen molar-refractivity contribution in [3.63, 3.8) is 0 Å². The molecule has 1 aliphatic carbocycles. The number of piperidine rings is 1. The Morgan fingerprint density at radius 2 is 1.92 bits per heavy atom. The molecule has 0 spiro atoms. The number of carbonyl (C=O) groups is 1. The van der Waals surface area contributed by atoms with Crippen LogP contribution >= 0.6 is 11.3 Å². The molecule has 140 valence electrons. The van der Waals surface area contributed by atoms with Gasteiger partial charge in [-0.1, -0.05) is 31.4 Å². The Morgan fingerprint density at radius 3 is 2.77 bits per heavy atom. The van der Waals surface area contributed by atoms with E-state index in [-0.39, 0.29) is 5.91 Å². The van der Waals surface area contributed by atoms with E-state index in [2.05, 4.69) is 29.6 Å². The van der Waals surface area contributed by atoms with Crippen molar-refractivity contribution in [2.24, 2.45) is 5.92 Å². The molecule has 2 fully saturated rings. The van der Waals surface area contributed by atoms with E-state index in [9.17, 15) is 4.79 Å². The van der Waals surface area contributed by atoms with Crippen molar-refractivity contribution in [1.29, 1.82) is 0 Å². The van der Waals surface area contributed by atoms with Crippen LogP contribution < -0.4 is 10.2 Å². The third-order valence-corrected chi connectivity index (χ3v) is 7.19. The zero-order valence-electron chi connectivity index (χ0n) is 15.5. The zero-order valence-corrected chi connectivity index (χ0v) is 16.3. The molecule has 1 saturated carbocycles. The smallest absolute Gasteiger partial charge is 0.275 e. The lowest BCUT2D eigenvalue weighted by atomic mass is 9.89. The lowest BCUT2D eigenvalue weighted by molar-refractivity contribution is -0.929. The van der Waals surface area contributed by atoms with Crippen LogP contribution in [0.5, 0.6) is 0 Å². The van der Waals surface area contributed by atoms with E-state index in [1.807, 2.05) is 11.3 Å². The van der Waals surface area contributed by atoms with Crippen molar-refractivity contribution in [2.75, 3.05) is 19.6 Å². The molecule has 1 aliphatic heterocycles. The first-order valence-electron chi connectivity index (χ1n) is 10.3. The van der Waals surface area contributed by atoms with E-state index in [1.54, 1.807) is 0 Å². The van der Waals surface area contributed by atoms with E-state index < -0.39 is 0 Å². The Hall–Kier alpha value is -1.46. The first-order valence-corrected chi connectivity index (χ1v) is 11.1. The monoisotopic (exact) mass is 372 g/mol. The predicted molar refractivity (Wildman–Crippen MR) is 106 cm³/mol. The van der Waals surface area contributed by atoms with Crippen LogP contribution in [0.15, 0.2) is 24.3 Å². The van der Waals surface area contributed by atoms with Gasteiger partial charge in [0, 0.05) is 13.0 Å². The number of nitrogens with zero attached hydrogens (tertiary/aromatic N) is 1. The Morgan fingerprint density at radius 1 is 1.12 bits per heavy atom. The Balaban J connectivity index is 1.38. The van der Waals surface area contributed by atoms with Crippen molar-refractivity contribution in [2.45, 2.75) is 57.4 Å². The molecule has 1 aromatic heterocycles. The van der Waals surface area contributed by atoms with E-state index in [1.165, 1.54) is 59.6 Å². The standard InChI is InChI=1S/C21H29N3OS/c25-20(22-14-16-8-2-1-3-9-16)15-24-13-7-6-11-18(24)21-23-17-10-4-5-12-19(17)26-21/h4-5,10,12,16,18H,1-3,6-9,11,13-15H2,(H,22,25)/p+1/t18-/m0/s1. The zero-order chi connectivity index (χ0) is 17.8. The second-order valence-corrected chi connectivity index (χ2v) is 9.02. The van der Waals surface area contributed by atoms with Crippen LogP contribution in [0, 0.1) is 5.92 Å². The number of hydrogen-bond acceptors (Lipinski definition) is 3. The largest absolute Gasteiger partial charge is 0.351 e. The number of thiazole rings is 1. The number of hydrogen-bond donors (Lipinski definition) is 2. The number of carbonyl (C=O) groups excluding carboxylic acids is 1. The van der Waals surface area contributed by atoms with Gasteiger partial charge < -0.3 is 10.2 Å². The summed E-state index contributed by atoms with van der Waals surface area (Å²) >= 11 is 1.81. The number of aromatic nitrogens is 1. The summed E-state index contributed by atoms with van der Waals surface area (Å²) < 4.78 is 1.26. The van der Waals surface area contributed by atoms with Crippen LogP contribution in [0.4, 0.5) is 0 Å². The lowest BCUT2D eigenvalue weighted by Gasteiger charge is -2.31. The van der Waals surface area contributed by atoms with Crippen molar-refractivity contribution in [3.05, 3.63) is 29.3 Å². The molecule has 26 heavy (non-hydrogen) atoms. The highest BCUT2D eigenvalue weighted by molar-refractivity contribution is 7.18. The highest BCUT2D eigenvalue weighted by atomic mass is 32.1. The van der Waals surface area contributed by atoms with Gasteiger partial charge >= 0.3 is 0 Å². The fourth-order valence-corrected chi connectivity index (χ4v) is 5.71. The molecule has 2 aromatic rings. The number of nitrogens with one attached hydrogen (secondary N) is 2. The molecular formula is C21H30N3OS+. The maximum Gasteiger partial charge on any atom is 0.275 e. The minimum Gasteiger partial charge on any atom is -0.351 e. The summed E-state index contributed by atoms with van der Waals surface area (Å²) in [5, 5.41) is 4.43. The van der Waals surface area contributed by atoms with Gasteiger partial charge in [0.1, 0.15) is 6.04 Å². The van der Waals surface area contributed by atoms with Gasteiger partial charge in [0.25, 0.3) is 5.91 Å². The van der Waals surface area contributed by atoms with Crippen molar-refractivity contribution in [1.82, 2.24) is 10.3 Å². The van der Waals surface area contributed by atoms with Gasteiger partial charge in [-0.15, -0.1) is 11.3 Å². The topological polar surface area (TPSA) is 46.4 Å². The average Bonchev–Trinajstić information content (AvgIpc) is 3.12. The molecule has 1 unspecified atom stereocenters. The number of amides is 1. The Labute approximate surface area is 160 Å². The Bertz CT molecular complexity index is 705. The number of rotatable bonds is 5. The highest BCUT2D eigenvalue weighted by Crippen LogP contribution is 2.28. The van der Waals surface area contributed by atoms with E-state index in [0.717, 1.165) is 25.0 Å². The maximum absolute atomic E-state index is 12.6. The summed E-state index contributed by atoms with van der Waals surface area (Å²) in [6.45, 7) is 2.54. The van der Waals surface area contributed by atoms with E-state index in [0.29, 0.717) is 18.5 Å². The number of likely N-dealkylation sites (tertiary alicyclic amines) is 1. The van der Waals surface area contributed by atoms with E-state index in [4.69, 9.17) is 4.98 Å². The Kier molecular flexibility index (Phi) is 5.85. The van der Waals surface area contributed by atoms with Gasteiger partial charge in [0.2, 0.25) is 0 Å². The summed E-state index contributed by atoms with van der Waals surface area (Å²) in [6.07, 6.45) is 10.2. The van der Waals surface area contributed by atoms with Crippen molar-refractivity contribution >= 4 is 27.5 Å². The van der Waals surface area contributed by atoms with Crippen molar-refractivity contribution in [3.8, 4) is 0 Å². The normalized spacial score (nSPS) is 24.6. The fraction of sp³-hybridized carbons (Fsp3) is 0.619. The van der Waals surface area contributed by atoms with Gasteiger partial charge in [0.15, 0.2) is 11.6 Å². The first kappa shape index (κ1) is 17.9. The molecule has 5 heteroatoms. The van der Waals surface area contributed by atoms with Crippen LogP contribution in [-0.4, -0.2) is 30.5 Å². The van der Waals surface area contributed by atoms with Crippen LogP contribution in [0.25, 0.3) is 10.2 Å². The number of para-hydroxylation sites is 1. The summed E-state index contributed by atoms with van der Waals surface area (Å²) in [7, 11) is 0. The summed E-state index contributed by atoms with van der Waals surface area (Å²) in [4.78, 5) is 18.8. The highest BCUT2D eigenvalue weighted by Gasteiger charge is 2.32. The van der Waals surface area contributed by atoms with Crippen LogP contribution in [-0.2, 0) is 4.79 Å². The fourth-order valence-electron chi connectivity index (χ4n) is 4.55. The molecule has 0 bridgehead atoms. The predicted octanol–water partition coefficient (Wildman–Crippen LogP) is 3.10. The van der Waals surface area contributed by atoms with Crippen LogP contribution in [0.1, 0.15) is 62.4 Å². The van der Waals surface area contributed by atoms with Crippen LogP contribution in [0.2, 0.25) is 0 Å². The molecule has 2 aliphatic rings. The molecule has 1 saturated heterocycles. The second kappa shape index (κ2) is 8.49. The molecule has 4 nitrogen and oxygen atoms in total.